The van der Waals surface area contributed by atoms with Gasteiger partial charge in [0.1, 0.15) is 0 Å². The lowest BCUT2D eigenvalue weighted by Gasteiger charge is -2.43. The molecule has 0 unspecified atom stereocenters. The Morgan fingerprint density at radius 3 is 2.40 bits per heavy atom. The molecule has 1 aliphatic rings. The van der Waals surface area contributed by atoms with Crippen LogP contribution in [0.5, 0.6) is 0 Å². The van der Waals surface area contributed by atoms with Crippen molar-refractivity contribution < 1.29 is 4.79 Å². The number of hydrogen-bond acceptors (Lipinski definition) is 1. The third-order valence-corrected chi connectivity index (χ3v) is 3.82. The van der Waals surface area contributed by atoms with Gasteiger partial charge in [-0.05, 0) is 30.6 Å². The monoisotopic (exact) mass is 211 g/mol. The summed E-state index contributed by atoms with van der Waals surface area (Å²) in [6.07, 6.45) is 3.44. The maximum atomic E-state index is 11.5. The van der Waals surface area contributed by atoms with Gasteiger partial charge in [-0.2, -0.15) is 0 Å². The van der Waals surface area contributed by atoms with Crippen LogP contribution in [0.4, 0.5) is 0 Å². The zero-order valence-corrected chi connectivity index (χ0v) is 10.8. The fourth-order valence-corrected chi connectivity index (χ4v) is 2.64. The number of carbonyl (C=O) groups excluding carboxylic acids is 1. The number of amides is 1. The molecule has 0 aliphatic carbocycles. The summed E-state index contributed by atoms with van der Waals surface area (Å²) in [5.74, 6) is 1.01. The van der Waals surface area contributed by atoms with Crippen LogP contribution in [-0.4, -0.2) is 23.4 Å². The van der Waals surface area contributed by atoms with E-state index < -0.39 is 0 Å². The highest BCUT2D eigenvalue weighted by Crippen LogP contribution is 2.37. The highest BCUT2D eigenvalue weighted by Gasteiger charge is 2.34. The number of nitrogens with zero attached hydrogens (tertiary/aromatic N) is 1. The minimum atomic E-state index is 0.245. The lowest BCUT2D eigenvalue weighted by Crippen LogP contribution is -2.47. The van der Waals surface area contributed by atoms with Crippen molar-refractivity contribution in [2.75, 3.05) is 6.54 Å². The average Bonchev–Trinajstić information content (AvgIpc) is 2.15. The Labute approximate surface area is 94.0 Å². The fraction of sp³-hybridized carbons (Fsp3) is 0.923. The predicted octanol–water partition coefficient (Wildman–Crippen LogP) is 3.07. The maximum absolute atomic E-state index is 11.5. The van der Waals surface area contributed by atoms with E-state index in [9.17, 15) is 4.79 Å². The van der Waals surface area contributed by atoms with Crippen LogP contribution in [0.2, 0.25) is 0 Å². The molecule has 88 valence electrons. The fourth-order valence-electron chi connectivity index (χ4n) is 2.64. The van der Waals surface area contributed by atoms with Crippen molar-refractivity contribution in [3.63, 3.8) is 0 Å². The number of rotatable bonds is 1. The normalized spacial score (nSPS) is 27.9. The summed E-state index contributed by atoms with van der Waals surface area (Å²) < 4.78 is 0. The molecule has 0 saturated carbocycles. The van der Waals surface area contributed by atoms with Gasteiger partial charge in [-0.15, -0.1) is 0 Å². The minimum absolute atomic E-state index is 0.245. The van der Waals surface area contributed by atoms with Crippen molar-refractivity contribution in [3.8, 4) is 0 Å². The summed E-state index contributed by atoms with van der Waals surface area (Å²) in [6, 6.07) is 0.473. The molecule has 1 rings (SSSR count). The lowest BCUT2D eigenvalue weighted by atomic mass is 9.73. The quantitative estimate of drug-likeness (QED) is 0.652. The van der Waals surface area contributed by atoms with Crippen molar-refractivity contribution in [1.29, 1.82) is 0 Å². The summed E-state index contributed by atoms with van der Waals surface area (Å²) in [5, 5.41) is 0. The summed E-state index contributed by atoms with van der Waals surface area (Å²) in [7, 11) is 0. The molecule has 0 bridgehead atoms. The third kappa shape index (κ3) is 2.96. The van der Waals surface area contributed by atoms with Gasteiger partial charge < -0.3 is 4.90 Å². The van der Waals surface area contributed by atoms with Gasteiger partial charge in [-0.1, -0.05) is 27.7 Å². The Morgan fingerprint density at radius 1 is 1.40 bits per heavy atom. The van der Waals surface area contributed by atoms with Crippen LogP contribution in [0.1, 0.15) is 53.9 Å². The summed E-state index contributed by atoms with van der Waals surface area (Å²) in [5.41, 5.74) is 0.385. The molecule has 0 aromatic heterocycles. The van der Waals surface area contributed by atoms with Gasteiger partial charge in [0.15, 0.2) is 0 Å². The zero-order chi connectivity index (χ0) is 11.6. The maximum Gasteiger partial charge on any atom is 0.219 e. The van der Waals surface area contributed by atoms with E-state index in [1.54, 1.807) is 6.92 Å². The van der Waals surface area contributed by atoms with E-state index in [0.29, 0.717) is 11.5 Å². The second kappa shape index (κ2) is 4.54. The molecule has 0 aromatic rings. The van der Waals surface area contributed by atoms with Crippen LogP contribution in [0.25, 0.3) is 0 Å². The first kappa shape index (κ1) is 12.5. The molecular formula is C13H25NO. The first-order valence-corrected chi connectivity index (χ1v) is 6.13. The molecule has 1 saturated heterocycles. The van der Waals surface area contributed by atoms with E-state index in [1.807, 2.05) is 0 Å². The van der Waals surface area contributed by atoms with Crippen LogP contribution in [0.3, 0.4) is 0 Å². The Balaban J connectivity index is 2.67. The number of piperidine rings is 1. The second-order valence-corrected chi connectivity index (χ2v) is 5.86. The molecule has 2 atom stereocenters. The number of hydrogen-bond donors (Lipinski definition) is 0. The first-order valence-electron chi connectivity index (χ1n) is 6.13. The first-order chi connectivity index (χ1) is 6.86. The molecular weight excluding hydrogens is 186 g/mol. The smallest absolute Gasteiger partial charge is 0.219 e. The van der Waals surface area contributed by atoms with Gasteiger partial charge in [-0.25, -0.2) is 0 Å². The third-order valence-electron chi connectivity index (χ3n) is 3.82. The van der Waals surface area contributed by atoms with Gasteiger partial charge in [0.25, 0.3) is 0 Å². The van der Waals surface area contributed by atoms with Crippen LogP contribution < -0.4 is 0 Å². The molecule has 1 aliphatic heterocycles. The lowest BCUT2D eigenvalue weighted by molar-refractivity contribution is -0.134. The largest absolute Gasteiger partial charge is 0.340 e. The van der Waals surface area contributed by atoms with E-state index in [1.165, 1.54) is 12.8 Å². The van der Waals surface area contributed by atoms with Crippen molar-refractivity contribution in [2.24, 2.45) is 11.3 Å². The van der Waals surface area contributed by atoms with E-state index in [4.69, 9.17) is 0 Å². The Hall–Kier alpha value is -0.530. The molecule has 0 radical (unpaired) electrons. The predicted molar refractivity (Wildman–Crippen MR) is 63.6 cm³/mol. The van der Waals surface area contributed by atoms with Crippen molar-refractivity contribution in [1.82, 2.24) is 4.90 Å². The topological polar surface area (TPSA) is 20.3 Å². The molecule has 1 amide bonds. The average molecular weight is 211 g/mol. The molecule has 0 N–H and O–H groups in total. The Bertz CT molecular complexity index is 229. The van der Waals surface area contributed by atoms with E-state index in [0.717, 1.165) is 18.9 Å². The molecule has 1 fully saturated rings. The van der Waals surface area contributed by atoms with Crippen molar-refractivity contribution in [2.45, 2.75) is 59.9 Å². The van der Waals surface area contributed by atoms with Crippen LogP contribution in [0, 0.1) is 11.3 Å². The second-order valence-electron chi connectivity index (χ2n) is 5.86. The SMILES string of the molecule is CC[C@H]1C[C@@H](C(C)(C)C)CCN1C(C)=O. The standard InChI is InChI=1S/C13H25NO/c1-6-12-9-11(13(3,4)5)7-8-14(12)10(2)15/h11-12H,6-9H2,1-5H3/t11-,12-/m0/s1. The summed E-state index contributed by atoms with van der Waals surface area (Å²) in [4.78, 5) is 13.5. The van der Waals surface area contributed by atoms with Crippen molar-refractivity contribution >= 4 is 5.91 Å². The molecule has 1 heterocycles. The van der Waals surface area contributed by atoms with Crippen LogP contribution in [0.15, 0.2) is 0 Å². The van der Waals surface area contributed by atoms with E-state index in [2.05, 4.69) is 32.6 Å². The van der Waals surface area contributed by atoms with Gasteiger partial charge in [0.2, 0.25) is 5.91 Å². The van der Waals surface area contributed by atoms with Crippen LogP contribution in [-0.2, 0) is 4.79 Å². The minimum Gasteiger partial charge on any atom is -0.340 e. The van der Waals surface area contributed by atoms with Gasteiger partial charge >= 0.3 is 0 Å². The molecule has 2 heteroatoms. The van der Waals surface area contributed by atoms with Gasteiger partial charge in [0, 0.05) is 19.5 Å². The number of carbonyl (C=O) groups is 1. The van der Waals surface area contributed by atoms with Gasteiger partial charge in [-0.3, -0.25) is 4.79 Å². The van der Waals surface area contributed by atoms with E-state index >= 15 is 0 Å². The van der Waals surface area contributed by atoms with Crippen molar-refractivity contribution in [3.05, 3.63) is 0 Å². The molecule has 0 aromatic carbocycles. The highest BCUT2D eigenvalue weighted by molar-refractivity contribution is 5.73. The van der Waals surface area contributed by atoms with E-state index in [-0.39, 0.29) is 5.91 Å². The van der Waals surface area contributed by atoms with Gasteiger partial charge in [0.05, 0.1) is 0 Å². The van der Waals surface area contributed by atoms with Crippen LogP contribution >= 0.6 is 0 Å². The molecule has 15 heavy (non-hydrogen) atoms. The Morgan fingerprint density at radius 2 is 2.00 bits per heavy atom. The summed E-state index contributed by atoms with van der Waals surface area (Å²) in [6.45, 7) is 11.8. The molecule has 0 spiro atoms. The highest BCUT2D eigenvalue weighted by atomic mass is 16.2. The molecule has 2 nitrogen and oxygen atoms in total. The Kier molecular flexibility index (Phi) is 3.80. The zero-order valence-electron chi connectivity index (χ0n) is 10.8. The number of likely N-dealkylation sites (tertiary alicyclic amines) is 1. The summed E-state index contributed by atoms with van der Waals surface area (Å²) >= 11 is 0.